The van der Waals surface area contributed by atoms with Crippen molar-refractivity contribution in [2.45, 2.75) is 32.7 Å². The predicted molar refractivity (Wildman–Crippen MR) is 104 cm³/mol. The van der Waals surface area contributed by atoms with Crippen LogP contribution in [0.2, 0.25) is 0 Å². The number of aromatic nitrogens is 1. The number of hydrogen-bond donors (Lipinski definition) is 1. The number of carbonyl (C=O) groups is 1. The third kappa shape index (κ3) is 5.91. The van der Waals surface area contributed by atoms with Gasteiger partial charge in [0.15, 0.2) is 0 Å². The van der Waals surface area contributed by atoms with Gasteiger partial charge in [0.2, 0.25) is 11.8 Å². The number of oxazole rings is 1. The van der Waals surface area contributed by atoms with Crippen molar-refractivity contribution in [3.63, 3.8) is 0 Å². The Labute approximate surface area is 160 Å². The number of carbonyl (C=O) groups excluding carboxylic acids is 1. The van der Waals surface area contributed by atoms with Gasteiger partial charge in [-0.3, -0.25) is 9.69 Å². The number of benzene rings is 1. The second kappa shape index (κ2) is 9.67. The molecular weight excluding hydrogens is 342 g/mol. The summed E-state index contributed by atoms with van der Waals surface area (Å²) in [7, 11) is 0. The molecule has 6 nitrogen and oxygen atoms in total. The fourth-order valence-electron chi connectivity index (χ4n) is 3.41. The summed E-state index contributed by atoms with van der Waals surface area (Å²) < 4.78 is 11.0. The maximum absolute atomic E-state index is 12.4. The maximum atomic E-state index is 12.4. The molecule has 1 aromatic carbocycles. The number of nitrogens with zero attached hydrogens (tertiary/aromatic N) is 2. The molecule has 27 heavy (non-hydrogen) atoms. The Morgan fingerprint density at radius 2 is 1.96 bits per heavy atom. The molecule has 0 bridgehead atoms. The highest BCUT2D eigenvalue weighted by atomic mass is 16.5. The number of hydrogen-bond acceptors (Lipinski definition) is 5. The summed E-state index contributed by atoms with van der Waals surface area (Å²) in [5.74, 6) is 1.10. The third-order valence-electron chi connectivity index (χ3n) is 4.75. The van der Waals surface area contributed by atoms with Crippen molar-refractivity contribution < 1.29 is 13.9 Å². The number of morpholine rings is 1. The van der Waals surface area contributed by atoms with Crippen LogP contribution in [-0.4, -0.2) is 54.7 Å². The molecule has 1 saturated heterocycles. The molecule has 1 aliphatic rings. The Morgan fingerprint density at radius 3 is 2.67 bits per heavy atom. The van der Waals surface area contributed by atoms with Crippen molar-refractivity contribution in [3.8, 4) is 11.5 Å². The lowest BCUT2D eigenvalue weighted by Crippen LogP contribution is -2.49. The lowest BCUT2D eigenvalue weighted by Gasteiger charge is -2.35. The summed E-state index contributed by atoms with van der Waals surface area (Å²) in [6, 6.07) is 10.0. The molecule has 6 heteroatoms. The van der Waals surface area contributed by atoms with Gasteiger partial charge in [0.25, 0.3) is 0 Å². The van der Waals surface area contributed by atoms with E-state index in [1.807, 2.05) is 30.3 Å². The first kappa shape index (κ1) is 19.6. The second-order valence-electron chi connectivity index (χ2n) is 7.42. The summed E-state index contributed by atoms with van der Waals surface area (Å²) in [4.78, 5) is 19.3. The minimum Gasteiger partial charge on any atom is -0.444 e. The molecule has 1 unspecified atom stereocenters. The molecule has 2 heterocycles. The monoisotopic (exact) mass is 371 g/mol. The van der Waals surface area contributed by atoms with E-state index in [4.69, 9.17) is 9.15 Å². The van der Waals surface area contributed by atoms with E-state index in [0.29, 0.717) is 30.1 Å². The third-order valence-corrected chi connectivity index (χ3v) is 4.75. The topological polar surface area (TPSA) is 67.6 Å². The van der Waals surface area contributed by atoms with Crippen LogP contribution in [0.4, 0.5) is 0 Å². The van der Waals surface area contributed by atoms with E-state index >= 15 is 0 Å². The van der Waals surface area contributed by atoms with E-state index in [1.165, 1.54) is 0 Å². The van der Waals surface area contributed by atoms with Gasteiger partial charge in [0, 0.05) is 31.2 Å². The van der Waals surface area contributed by atoms with Gasteiger partial charge in [-0.25, -0.2) is 4.98 Å². The van der Waals surface area contributed by atoms with Crippen molar-refractivity contribution in [3.05, 3.63) is 42.3 Å². The molecule has 0 spiro atoms. The fraction of sp³-hybridized carbons (Fsp3) is 0.524. The highest BCUT2D eigenvalue weighted by molar-refractivity contribution is 5.78. The highest BCUT2D eigenvalue weighted by Gasteiger charge is 2.22. The molecule has 1 aromatic heterocycles. The van der Waals surface area contributed by atoms with Crippen LogP contribution >= 0.6 is 0 Å². The van der Waals surface area contributed by atoms with Crippen LogP contribution in [0, 0.1) is 5.92 Å². The second-order valence-corrected chi connectivity index (χ2v) is 7.42. The Bertz CT molecular complexity index is 708. The molecule has 1 atom stereocenters. The summed E-state index contributed by atoms with van der Waals surface area (Å²) in [6.07, 6.45) is 2.85. The summed E-state index contributed by atoms with van der Waals surface area (Å²) in [6.45, 7) is 8.48. The maximum Gasteiger partial charge on any atom is 0.226 e. The Hall–Kier alpha value is -2.18. The zero-order valence-electron chi connectivity index (χ0n) is 16.2. The van der Waals surface area contributed by atoms with Gasteiger partial charge < -0.3 is 14.5 Å². The Morgan fingerprint density at radius 1 is 1.22 bits per heavy atom. The van der Waals surface area contributed by atoms with Crippen molar-refractivity contribution in [2.24, 2.45) is 5.92 Å². The van der Waals surface area contributed by atoms with Crippen LogP contribution in [0.25, 0.3) is 11.5 Å². The summed E-state index contributed by atoms with van der Waals surface area (Å²) >= 11 is 0. The molecule has 2 aromatic rings. The van der Waals surface area contributed by atoms with Gasteiger partial charge in [-0.15, -0.1) is 0 Å². The highest BCUT2D eigenvalue weighted by Crippen LogP contribution is 2.18. The normalized spacial score (nSPS) is 16.4. The first-order valence-electron chi connectivity index (χ1n) is 9.70. The van der Waals surface area contributed by atoms with Crippen LogP contribution in [0.3, 0.4) is 0 Å². The molecule has 3 rings (SSSR count). The average molecular weight is 371 g/mol. The van der Waals surface area contributed by atoms with E-state index in [0.717, 1.165) is 38.3 Å². The molecule has 1 amide bonds. The van der Waals surface area contributed by atoms with Crippen LogP contribution in [0.1, 0.15) is 26.0 Å². The zero-order chi connectivity index (χ0) is 19.1. The molecule has 1 aliphatic heterocycles. The van der Waals surface area contributed by atoms with Crippen molar-refractivity contribution in [1.82, 2.24) is 15.2 Å². The molecular formula is C21H29N3O3. The first-order valence-corrected chi connectivity index (χ1v) is 9.70. The molecule has 0 radical (unpaired) electrons. The van der Waals surface area contributed by atoms with E-state index in [-0.39, 0.29) is 12.3 Å². The van der Waals surface area contributed by atoms with Crippen LogP contribution in [0.5, 0.6) is 0 Å². The van der Waals surface area contributed by atoms with Gasteiger partial charge in [0.05, 0.1) is 25.3 Å². The number of rotatable bonds is 8. The van der Waals surface area contributed by atoms with Crippen molar-refractivity contribution >= 4 is 5.91 Å². The van der Waals surface area contributed by atoms with Gasteiger partial charge in [0.1, 0.15) is 6.26 Å². The number of nitrogens with one attached hydrogen (secondary N) is 1. The zero-order valence-corrected chi connectivity index (χ0v) is 16.2. The van der Waals surface area contributed by atoms with E-state index in [1.54, 1.807) is 6.26 Å². The van der Waals surface area contributed by atoms with Crippen molar-refractivity contribution in [2.75, 3.05) is 32.8 Å². The van der Waals surface area contributed by atoms with E-state index < -0.39 is 0 Å². The smallest absolute Gasteiger partial charge is 0.226 e. The van der Waals surface area contributed by atoms with Gasteiger partial charge in [-0.05, 0) is 24.5 Å². The van der Waals surface area contributed by atoms with Crippen LogP contribution in [0.15, 0.2) is 41.0 Å². The summed E-state index contributed by atoms with van der Waals surface area (Å²) in [5.41, 5.74) is 1.56. The SMILES string of the molecule is CC(C)CC(CNC(=O)Cc1coc(-c2ccccc2)n1)N1CCOCC1. The minimum absolute atomic E-state index is 0.0232. The first-order chi connectivity index (χ1) is 13.1. The molecule has 1 fully saturated rings. The Kier molecular flexibility index (Phi) is 7.01. The molecule has 0 saturated carbocycles. The fourth-order valence-corrected chi connectivity index (χ4v) is 3.41. The molecule has 1 N–H and O–H groups in total. The largest absolute Gasteiger partial charge is 0.444 e. The number of ether oxygens (including phenoxy) is 1. The quantitative estimate of drug-likeness (QED) is 0.773. The van der Waals surface area contributed by atoms with Crippen LogP contribution < -0.4 is 5.32 Å². The van der Waals surface area contributed by atoms with Crippen molar-refractivity contribution in [1.29, 1.82) is 0 Å². The van der Waals surface area contributed by atoms with Gasteiger partial charge >= 0.3 is 0 Å². The molecule has 0 aliphatic carbocycles. The summed E-state index contributed by atoms with van der Waals surface area (Å²) in [5, 5.41) is 3.08. The molecule has 146 valence electrons. The van der Waals surface area contributed by atoms with Gasteiger partial charge in [-0.1, -0.05) is 32.0 Å². The average Bonchev–Trinajstić information content (AvgIpc) is 3.14. The Balaban J connectivity index is 1.52. The minimum atomic E-state index is -0.0232. The standard InChI is InChI=1S/C21H29N3O3/c1-16(2)12-19(24-8-10-26-11-9-24)14-22-20(25)13-18-15-27-21(23-18)17-6-4-3-5-7-17/h3-7,15-16,19H,8-14H2,1-2H3,(H,22,25). The predicted octanol–water partition coefficient (Wildman–Crippen LogP) is 2.75. The lowest BCUT2D eigenvalue weighted by molar-refractivity contribution is -0.120. The lowest BCUT2D eigenvalue weighted by atomic mass is 10.0. The van der Waals surface area contributed by atoms with Gasteiger partial charge in [-0.2, -0.15) is 0 Å². The number of amides is 1. The van der Waals surface area contributed by atoms with Crippen LogP contribution in [-0.2, 0) is 16.0 Å². The van der Waals surface area contributed by atoms with E-state index in [2.05, 4.69) is 29.0 Å². The van der Waals surface area contributed by atoms with E-state index in [9.17, 15) is 4.79 Å².